The number of rotatable bonds is 4. The molecule has 1 saturated heterocycles. The SMILES string of the molecule is NC1CCCN(C(=O)c2cccc(S(=O)(=O)NC3CC3)c2)C1. The molecule has 0 radical (unpaired) electrons. The van der Waals surface area contributed by atoms with Crippen LogP contribution in [0.3, 0.4) is 0 Å². The number of hydrogen-bond acceptors (Lipinski definition) is 4. The lowest BCUT2D eigenvalue weighted by Crippen LogP contribution is -2.45. The largest absolute Gasteiger partial charge is 0.337 e. The van der Waals surface area contributed by atoms with Crippen LogP contribution in [-0.2, 0) is 10.0 Å². The average molecular weight is 323 g/mol. The predicted octanol–water partition coefficient (Wildman–Crippen LogP) is 0.691. The molecule has 22 heavy (non-hydrogen) atoms. The van der Waals surface area contributed by atoms with E-state index >= 15 is 0 Å². The van der Waals surface area contributed by atoms with Crippen molar-refractivity contribution < 1.29 is 13.2 Å². The number of nitrogens with one attached hydrogen (secondary N) is 1. The number of hydrogen-bond donors (Lipinski definition) is 2. The van der Waals surface area contributed by atoms with E-state index < -0.39 is 10.0 Å². The second-order valence-corrected chi connectivity index (χ2v) is 7.79. The van der Waals surface area contributed by atoms with Crippen molar-refractivity contribution in [3.8, 4) is 0 Å². The van der Waals surface area contributed by atoms with Crippen molar-refractivity contribution in [1.82, 2.24) is 9.62 Å². The molecule has 0 aromatic heterocycles. The highest BCUT2D eigenvalue weighted by atomic mass is 32.2. The normalized spacial score (nSPS) is 22.6. The van der Waals surface area contributed by atoms with Crippen LogP contribution >= 0.6 is 0 Å². The molecule has 1 saturated carbocycles. The predicted molar refractivity (Wildman–Crippen MR) is 82.9 cm³/mol. The summed E-state index contributed by atoms with van der Waals surface area (Å²) in [5.74, 6) is -0.154. The molecule has 1 aliphatic carbocycles. The topological polar surface area (TPSA) is 92.5 Å². The van der Waals surface area contributed by atoms with Gasteiger partial charge < -0.3 is 10.6 Å². The first-order valence-electron chi connectivity index (χ1n) is 7.63. The van der Waals surface area contributed by atoms with Crippen LogP contribution in [0.1, 0.15) is 36.0 Å². The van der Waals surface area contributed by atoms with Crippen molar-refractivity contribution >= 4 is 15.9 Å². The van der Waals surface area contributed by atoms with Crippen LogP contribution in [0, 0.1) is 0 Å². The highest BCUT2D eigenvalue weighted by Crippen LogP contribution is 2.23. The van der Waals surface area contributed by atoms with E-state index in [0.29, 0.717) is 18.7 Å². The first-order chi connectivity index (χ1) is 10.5. The van der Waals surface area contributed by atoms with Gasteiger partial charge in [-0.15, -0.1) is 0 Å². The minimum atomic E-state index is -3.54. The van der Waals surface area contributed by atoms with Crippen LogP contribution in [0.2, 0.25) is 0 Å². The number of amides is 1. The van der Waals surface area contributed by atoms with Crippen molar-refractivity contribution in [3.05, 3.63) is 29.8 Å². The summed E-state index contributed by atoms with van der Waals surface area (Å²) in [4.78, 5) is 14.4. The molecule has 3 rings (SSSR count). The Morgan fingerprint density at radius 3 is 2.73 bits per heavy atom. The molecule has 2 fully saturated rings. The highest BCUT2D eigenvalue weighted by molar-refractivity contribution is 7.89. The van der Waals surface area contributed by atoms with E-state index in [1.165, 1.54) is 12.1 Å². The zero-order valence-corrected chi connectivity index (χ0v) is 13.2. The molecule has 1 aromatic carbocycles. The van der Waals surface area contributed by atoms with Gasteiger partial charge in [0.15, 0.2) is 0 Å². The number of nitrogens with two attached hydrogens (primary N) is 1. The number of nitrogens with zero attached hydrogens (tertiary/aromatic N) is 1. The molecule has 1 aromatic rings. The number of carbonyl (C=O) groups excluding carboxylic acids is 1. The maximum atomic E-state index is 12.5. The third-order valence-electron chi connectivity index (χ3n) is 4.04. The lowest BCUT2D eigenvalue weighted by Gasteiger charge is -2.30. The molecular weight excluding hydrogens is 302 g/mol. The molecule has 6 nitrogen and oxygen atoms in total. The molecule has 1 aliphatic heterocycles. The number of carbonyl (C=O) groups is 1. The standard InChI is InChI=1S/C15H21N3O3S/c16-12-4-2-8-18(10-12)15(19)11-3-1-5-14(9-11)22(20,21)17-13-6-7-13/h1,3,5,9,12-13,17H,2,4,6-8,10,16H2. The molecule has 3 N–H and O–H groups in total. The molecule has 2 aliphatic rings. The van der Waals surface area contributed by atoms with Crippen LogP contribution < -0.4 is 10.5 Å². The van der Waals surface area contributed by atoms with Crippen molar-refractivity contribution in [3.63, 3.8) is 0 Å². The van der Waals surface area contributed by atoms with Crippen LogP contribution in [0.4, 0.5) is 0 Å². The minimum Gasteiger partial charge on any atom is -0.337 e. The summed E-state index contributed by atoms with van der Waals surface area (Å²) in [6.07, 6.45) is 3.56. The summed E-state index contributed by atoms with van der Waals surface area (Å²) in [5, 5.41) is 0. The Balaban J connectivity index is 1.79. The Labute approximate surface area is 130 Å². The van der Waals surface area contributed by atoms with Crippen LogP contribution in [-0.4, -0.2) is 44.4 Å². The van der Waals surface area contributed by atoms with Gasteiger partial charge in [0.2, 0.25) is 10.0 Å². The summed E-state index contributed by atoms with van der Waals surface area (Å²) < 4.78 is 27.1. The summed E-state index contributed by atoms with van der Waals surface area (Å²) in [6, 6.07) is 6.28. The highest BCUT2D eigenvalue weighted by Gasteiger charge is 2.29. The fourth-order valence-corrected chi connectivity index (χ4v) is 4.01. The van der Waals surface area contributed by atoms with Crippen molar-refractivity contribution in [2.24, 2.45) is 5.73 Å². The number of sulfonamides is 1. The first-order valence-corrected chi connectivity index (χ1v) is 9.11. The maximum Gasteiger partial charge on any atom is 0.253 e. The van der Waals surface area contributed by atoms with Gasteiger partial charge in [-0.1, -0.05) is 6.07 Å². The summed E-state index contributed by atoms with van der Waals surface area (Å²) in [6.45, 7) is 1.19. The fourth-order valence-electron chi connectivity index (χ4n) is 2.66. The monoisotopic (exact) mass is 323 g/mol. The van der Waals surface area contributed by atoms with Gasteiger partial charge in [-0.3, -0.25) is 4.79 Å². The molecular formula is C15H21N3O3S. The average Bonchev–Trinajstić information content (AvgIpc) is 3.30. The van der Waals surface area contributed by atoms with Crippen molar-refractivity contribution in [2.45, 2.75) is 42.7 Å². The molecule has 0 spiro atoms. The lowest BCUT2D eigenvalue weighted by atomic mass is 10.1. The lowest BCUT2D eigenvalue weighted by molar-refractivity contribution is 0.0708. The van der Waals surface area contributed by atoms with E-state index in [-0.39, 0.29) is 22.9 Å². The van der Waals surface area contributed by atoms with Gasteiger partial charge in [0.1, 0.15) is 0 Å². The molecule has 1 atom stereocenters. The third kappa shape index (κ3) is 3.48. The zero-order chi connectivity index (χ0) is 15.7. The Morgan fingerprint density at radius 2 is 2.05 bits per heavy atom. The molecule has 7 heteroatoms. The number of benzene rings is 1. The summed E-state index contributed by atoms with van der Waals surface area (Å²) in [5.41, 5.74) is 6.30. The quantitative estimate of drug-likeness (QED) is 0.853. The van der Waals surface area contributed by atoms with Crippen LogP contribution in [0.15, 0.2) is 29.2 Å². The van der Waals surface area contributed by atoms with Gasteiger partial charge in [-0.2, -0.15) is 0 Å². The van der Waals surface area contributed by atoms with Crippen molar-refractivity contribution in [1.29, 1.82) is 0 Å². The van der Waals surface area contributed by atoms with E-state index in [2.05, 4.69) is 4.72 Å². The maximum absolute atomic E-state index is 12.5. The van der Waals surface area contributed by atoms with Gasteiger partial charge in [-0.25, -0.2) is 13.1 Å². The van der Waals surface area contributed by atoms with Gasteiger partial charge in [0.25, 0.3) is 5.91 Å². The van der Waals surface area contributed by atoms with E-state index in [1.54, 1.807) is 17.0 Å². The van der Waals surface area contributed by atoms with Gasteiger partial charge >= 0.3 is 0 Å². The first kappa shape index (κ1) is 15.5. The number of likely N-dealkylation sites (tertiary alicyclic amines) is 1. The second kappa shape index (κ2) is 5.98. The Bertz CT molecular complexity index is 670. The van der Waals surface area contributed by atoms with Crippen LogP contribution in [0.5, 0.6) is 0 Å². The third-order valence-corrected chi connectivity index (χ3v) is 5.55. The van der Waals surface area contributed by atoms with Gasteiger partial charge in [-0.05, 0) is 43.9 Å². The van der Waals surface area contributed by atoms with E-state index in [0.717, 1.165) is 25.7 Å². The van der Waals surface area contributed by atoms with Gasteiger partial charge in [0.05, 0.1) is 4.90 Å². The smallest absolute Gasteiger partial charge is 0.253 e. The second-order valence-electron chi connectivity index (χ2n) is 6.08. The Kier molecular flexibility index (Phi) is 4.20. The summed E-state index contributed by atoms with van der Waals surface area (Å²) in [7, 11) is -3.54. The van der Waals surface area contributed by atoms with E-state index in [9.17, 15) is 13.2 Å². The molecule has 0 bridgehead atoms. The fraction of sp³-hybridized carbons (Fsp3) is 0.533. The van der Waals surface area contributed by atoms with Crippen LogP contribution in [0.25, 0.3) is 0 Å². The Hall–Kier alpha value is -1.44. The minimum absolute atomic E-state index is 0.00106. The molecule has 1 heterocycles. The molecule has 120 valence electrons. The molecule has 1 amide bonds. The van der Waals surface area contributed by atoms with Gasteiger partial charge in [0, 0.05) is 30.7 Å². The van der Waals surface area contributed by atoms with Crippen molar-refractivity contribution in [2.75, 3.05) is 13.1 Å². The van der Waals surface area contributed by atoms with E-state index in [4.69, 9.17) is 5.73 Å². The number of piperidine rings is 1. The Morgan fingerprint density at radius 1 is 1.27 bits per heavy atom. The zero-order valence-electron chi connectivity index (χ0n) is 12.4. The summed E-state index contributed by atoms with van der Waals surface area (Å²) >= 11 is 0. The molecule has 1 unspecified atom stereocenters. The van der Waals surface area contributed by atoms with E-state index in [1.807, 2.05) is 0 Å².